The minimum Gasteiger partial charge on any atom is -0.483 e. The van der Waals surface area contributed by atoms with Gasteiger partial charge in [-0.15, -0.1) is 0 Å². The van der Waals surface area contributed by atoms with Gasteiger partial charge in [0.1, 0.15) is 5.75 Å². The molecule has 2 N–H and O–H groups in total. The molecule has 1 amide bonds. The van der Waals surface area contributed by atoms with E-state index in [1.165, 1.54) is 5.56 Å². The van der Waals surface area contributed by atoms with Gasteiger partial charge >= 0.3 is 0 Å². The number of likely N-dealkylation sites (tertiary alicyclic amines) is 1. The topological polar surface area (TPSA) is 70.2 Å². The van der Waals surface area contributed by atoms with Crippen molar-refractivity contribution in [1.29, 1.82) is 0 Å². The summed E-state index contributed by atoms with van der Waals surface area (Å²) in [6.45, 7) is 5.55. The number of para-hydroxylation sites is 1. The highest BCUT2D eigenvalue weighted by molar-refractivity contribution is 5.78. The summed E-state index contributed by atoms with van der Waals surface area (Å²) in [5.74, 6) is 0.874. The Bertz CT molecular complexity index is 707. The molecule has 0 aliphatic carbocycles. The van der Waals surface area contributed by atoms with E-state index in [2.05, 4.69) is 15.5 Å². The van der Waals surface area contributed by atoms with E-state index in [1.807, 2.05) is 42.3 Å². The summed E-state index contributed by atoms with van der Waals surface area (Å²) in [5, 5.41) is 10.5. The van der Waals surface area contributed by atoms with E-state index in [9.17, 15) is 4.79 Å². The number of nitrogens with one attached hydrogen (secondary N) is 2. The van der Waals surface area contributed by atoms with Crippen molar-refractivity contribution in [2.24, 2.45) is 0 Å². The Morgan fingerprint density at radius 1 is 1.27 bits per heavy atom. The first-order valence-corrected chi connectivity index (χ1v) is 9.42. The van der Waals surface area contributed by atoms with E-state index in [0.29, 0.717) is 0 Å². The number of rotatable bonds is 9. The maximum absolute atomic E-state index is 12.1. The van der Waals surface area contributed by atoms with E-state index >= 15 is 0 Å². The SMILES string of the molecule is Cc1[nH]ncc1CCCNCc1ccccc1OCC(=O)N1CCCC1. The molecule has 6 nitrogen and oxygen atoms in total. The molecule has 0 unspecified atom stereocenters. The van der Waals surface area contributed by atoms with Crippen LogP contribution < -0.4 is 10.1 Å². The molecule has 1 aromatic heterocycles. The molecule has 0 radical (unpaired) electrons. The lowest BCUT2D eigenvalue weighted by Crippen LogP contribution is -2.32. The Kier molecular flexibility index (Phi) is 6.66. The highest BCUT2D eigenvalue weighted by Gasteiger charge is 2.18. The fraction of sp³-hybridized carbons (Fsp3) is 0.500. The average Bonchev–Trinajstić information content (AvgIpc) is 3.32. The molecule has 0 saturated carbocycles. The predicted molar refractivity (Wildman–Crippen MR) is 101 cm³/mol. The van der Waals surface area contributed by atoms with Gasteiger partial charge in [0, 0.05) is 30.9 Å². The Labute approximate surface area is 154 Å². The molecule has 1 aliphatic heterocycles. The van der Waals surface area contributed by atoms with Gasteiger partial charge in [-0.1, -0.05) is 18.2 Å². The highest BCUT2D eigenvalue weighted by atomic mass is 16.5. The van der Waals surface area contributed by atoms with E-state index in [4.69, 9.17) is 4.74 Å². The maximum atomic E-state index is 12.1. The van der Waals surface area contributed by atoms with Gasteiger partial charge in [-0.2, -0.15) is 5.10 Å². The number of benzene rings is 1. The van der Waals surface area contributed by atoms with Crippen LogP contribution in [0.15, 0.2) is 30.5 Å². The summed E-state index contributed by atoms with van der Waals surface area (Å²) < 4.78 is 5.80. The highest BCUT2D eigenvalue weighted by Crippen LogP contribution is 2.18. The number of amides is 1. The Morgan fingerprint density at radius 2 is 2.08 bits per heavy atom. The largest absolute Gasteiger partial charge is 0.483 e. The van der Waals surface area contributed by atoms with E-state index < -0.39 is 0 Å². The Morgan fingerprint density at radius 3 is 2.85 bits per heavy atom. The van der Waals surface area contributed by atoms with E-state index in [-0.39, 0.29) is 12.5 Å². The standard InChI is InChI=1S/C20H28N4O2/c1-16-17(14-22-23-16)8-6-10-21-13-18-7-2-3-9-19(18)26-15-20(25)24-11-4-5-12-24/h2-3,7,9,14,21H,4-6,8,10-13,15H2,1H3,(H,22,23). The number of nitrogens with zero attached hydrogens (tertiary/aromatic N) is 2. The first-order valence-electron chi connectivity index (χ1n) is 9.42. The minimum absolute atomic E-state index is 0.0840. The van der Waals surface area contributed by atoms with E-state index in [0.717, 1.165) is 68.9 Å². The zero-order valence-corrected chi connectivity index (χ0v) is 15.5. The van der Waals surface area contributed by atoms with Crippen LogP contribution in [0.1, 0.15) is 36.1 Å². The molecule has 26 heavy (non-hydrogen) atoms. The number of hydrogen-bond donors (Lipinski definition) is 2. The number of aromatic nitrogens is 2. The number of hydrogen-bond acceptors (Lipinski definition) is 4. The van der Waals surface area contributed by atoms with Gasteiger partial charge in [0.05, 0.1) is 6.20 Å². The quantitative estimate of drug-likeness (QED) is 0.677. The number of aryl methyl sites for hydroxylation is 2. The first kappa shape index (κ1) is 18.5. The van der Waals surface area contributed by atoms with Crippen molar-refractivity contribution in [1.82, 2.24) is 20.4 Å². The third kappa shape index (κ3) is 5.08. The second-order valence-corrected chi connectivity index (χ2v) is 6.78. The van der Waals surface area contributed by atoms with Gasteiger partial charge in [0.15, 0.2) is 6.61 Å². The van der Waals surface area contributed by atoms with Crippen LogP contribution in [0.4, 0.5) is 0 Å². The molecule has 6 heteroatoms. The molecule has 140 valence electrons. The van der Waals surface area contributed by atoms with Crippen molar-refractivity contribution in [3.63, 3.8) is 0 Å². The van der Waals surface area contributed by atoms with Crippen LogP contribution in [0, 0.1) is 6.92 Å². The molecule has 1 aromatic carbocycles. The van der Waals surface area contributed by atoms with Crippen LogP contribution in [-0.4, -0.2) is 47.2 Å². The van der Waals surface area contributed by atoms with Crippen LogP contribution in [0.3, 0.4) is 0 Å². The van der Waals surface area contributed by atoms with Crippen LogP contribution in [-0.2, 0) is 17.8 Å². The summed E-state index contributed by atoms with van der Waals surface area (Å²) in [6.07, 6.45) is 6.17. The zero-order valence-electron chi connectivity index (χ0n) is 15.5. The van der Waals surface area contributed by atoms with Gasteiger partial charge in [-0.3, -0.25) is 9.89 Å². The Balaban J connectivity index is 1.41. The number of carbonyl (C=O) groups is 1. The average molecular weight is 356 g/mol. The van der Waals surface area contributed by atoms with Gasteiger partial charge in [0.25, 0.3) is 5.91 Å². The summed E-state index contributed by atoms with van der Waals surface area (Å²) in [6, 6.07) is 7.92. The molecule has 0 spiro atoms. The van der Waals surface area contributed by atoms with Crippen molar-refractivity contribution in [2.45, 2.75) is 39.2 Å². The number of aromatic amines is 1. The third-order valence-corrected chi connectivity index (χ3v) is 4.83. The van der Waals surface area contributed by atoms with Gasteiger partial charge < -0.3 is 15.0 Å². The number of ether oxygens (including phenoxy) is 1. The molecular formula is C20H28N4O2. The lowest BCUT2D eigenvalue weighted by molar-refractivity contribution is -0.132. The van der Waals surface area contributed by atoms with Gasteiger partial charge in [-0.25, -0.2) is 0 Å². The lowest BCUT2D eigenvalue weighted by atomic mass is 10.1. The molecular weight excluding hydrogens is 328 g/mol. The molecule has 1 aliphatic rings. The molecule has 2 aromatic rings. The number of H-pyrrole nitrogens is 1. The van der Waals surface area contributed by atoms with Crippen molar-refractivity contribution in [3.8, 4) is 5.75 Å². The van der Waals surface area contributed by atoms with Crippen LogP contribution in [0.25, 0.3) is 0 Å². The fourth-order valence-electron chi connectivity index (χ4n) is 3.24. The van der Waals surface area contributed by atoms with Gasteiger partial charge in [0.2, 0.25) is 0 Å². The smallest absolute Gasteiger partial charge is 0.260 e. The maximum Gasteiger partial charge on any atom is 0.260 e. The molecule has 1 fully saturated rings. The van der Waals surface area contributed by atoms with Gasteiger partial charge in [-0.05, 0) is 50.8 Å². The Hall–Kier alpha value is -2.34. The molecule has 0 bridgehead atoms. The van der Waals surface area contributed by atoms with Crippen molar-refractivity contribution in [2.75, 3.05) is 26.2 Å². The monoisotopic (exact) mass is 356 g/mol. The normalized spacial score (nSPS) is 14.0. The third-order valence-electron chi connectivity index (χ3n) is 4.83. The molecule has 0 atom stereocenters. The predicted octanol–water partition coefficient (Wildman–Crippen LogP) is 2.44. The van der Waals surface area contributed by atoms with Crippen molar-refractivity contribution >= 4 is 5.91 Å². The summed E-state index contributed by atoms with van der Waals surface area (Å²) in [7, 11) is 0. The number of carbonyl (C=O) groups excluding carboxylic acids is 1. The van der Waals surface area contributed by atoms with Crippen molar-refractivity contribution in [3.05, 3.63) is 47.3 Å². The molecule has 3 rings (SSSR count). The van der Waals surface area contributed by atoms with E-state index in [1.54, 1.807) is 0 Å². The van der Waals surface area contributed by atoms with Crippen molar-refractivity contribution < 1.29 is 9.53 Å². The van der Waals surface area contributed by atoms with Crippen LogP contribution in [0.2, 0.25) is 0 Å². The lowest BCUT2D eigenvalue weighted by Gasteiger charge is -2.17. The fourth-order valence-corrected chi connectivity index (χ4v) is 3.24. The summed E-state index contributed by atoms with van der Waals surface area (Å²) in [5.41, 5.74) is 3.50. The second-order valence-electron chi connectivity index (χ2n) is 6.78. The first-order chi connectivity index (χ1) is 12.7. The second kappa shape index (κ2) is 9.38. The summed E-state index contributed by atoms with van der Waals surface area (Å²) >= 11 is 0. The summed E-state index contributed by atoms with van der Waals surface area (Å²) in [4.78, 5) is 14.0. The van der Waals surface area contributed by atoms with Crippen LogP contribution >= 0.6 is 0 Å². The molecule has 1 saturated heterocycles. The van der Waals surface area contributed by atoms with Crippen LogP contribution in [0.5, 0.6) is 5.75 Å². The zero-order chi connectivity index (χ0) is 18.2. The minimum atomic E-state index is 0.0840. The molecule has 2 heterocycles.